The molecule has 1 saturated heterocycles. The number of benzene rings is 2. The lowest BCUT2D eigenvalue weighted by molar-refractivity contribution is -0.122. The SMILES string of the molecule is CS(=O)(=O)c1ccccc1NC(=O)C1CC(=O)N(c2ccccc2)C1. The molecule has 1 aliphatic rings. The maximum absolute atomic E-state index is 12.5. The minimum Gasteiger partial charge on any atom is -0.325 e. The van der Waals surface area contributed by atoms with Gasteiger partial charge in [0.2, 0.25) is 11.8 Å². The van der Waals surface area contributed by atoms with E-state index in [-0.39, 0.29) is 35.4 Å². The van der Waals surface area contributed by atoms with Crippen LogP contribution in [0.25, 0.3) is 0 Å². The van der Waals surface area contributed by atoms with Crippen molar-refractivity contribution in [2.24, 2.45) is 5.92 Å². The summed E-state index contributed by atoms with van der Waals surface area (Å²) >= 11 is 0. The van der Waals surface area contributed by atoms with Crippen molar-refractivity contribution in [1.82, 2.24) is 0 Å². The molecule has 0 aliphatic carbocycles. The molecule has 1 N–H and O–H groups in total. The predicted octanol–water partition coefficient (Wildman–Crippen LogP) is 2.08. The van der Waals surface area contributed by atoms with Gasteiger partial charge in [-0.25, -0.2) is 8.42 Å². The van der Waals surface area contributed by atoms with E-state index in [4.69, 9.17) is 0 Å². The average molecular weight is 358 g/mol. The number of rotatable bonds is 4. The fraction of sp³-hybridized carbons (Fsp3) is 0.222. The van der Waals surface area contributed by atoms with E-state index in [1.807, 2.05) is 30.3 Å². The second-order valence-electron chi connectivity index (χ2n) is 6.00. The summed E-state index contributed by atoms with van der Waals surface area (Å²) in [6.45, 7) is 0.274. The quantitative estimate of drug-likeness (QED) is 0.907. The van der Waals surface area contributed by atoms with Gasteiger partial charge in [-0.3, -0.25) is 9.59 Å². The molecule has 2 aromatic carbocycles. The maximum atomic E-state index is 12.5. The van der Waals surface area contributed by atoms with E-state index in [1.165, 1.54) is 6.07 Å². The Morgan fingerprint density at radius 3 is 2.40 bits per heavy atom. The molecule has 1 aliphatic heterocycles. The van der Waals surface area contributed by atoms with Crippen LogP contribution in [0.4, 0.5) is 11.4 Å². The number of nitrogens with zero attached hydrogens (tertiary/aromatic N) is 1. The van der Waals surface area contributed by atoms with Crippen molar-refractivity contribution in [3.63, 3.8) is 0 Å². The van der Waals surface area contributed by atoms with E-state index in [0.29, 0.717) is 0 Å². The van der Waals surface area contributed by atoms with Crippen molar-refractivity contribution >= 4 is 33.0 Å². The fourth-order valence-electron chi connectivity index (χ4n) is 2.87. The second-order valence-corrected chi connectivity index (χ2v) is 7.98. The number of carbonyl (C=O) groups is 2. The molecule has 0 saturated carbocycles. The number of amides is 2. The first-order valence-electron chi connectivity index (χ1n) is 7.81. The largest absolute Gasteiger partial charge is 0.325 e. The topological polar surface area (TPSA) is 83.5 Å². The van der Waals surface area contributed by atoms with Gasteiger partial charge < -0.3 is 10.2 Å². The Labute approximate surface area is 146 Å². The van der Waals surface area contributed by atoms with Crippen LogP contribution in [-0.2, 0) is 19.4 Å². The molecular weight excluding hydrogens is 340 g/mol. The highest BCUT2D eigenvalue weighted by Crippen LogP contribution is 2.27. The number of para-hydroxylation sites is 2. The lowest BCUT2D eigenvalue weighted by Gasteiger charge is -2.17. The molecule has 1 fully saturated rings. The Bertz CT molecular complexity index is 910. The first-order chi connectivity index (χ1) is 11.9. The van der Waals surface area contributed by atoms with Crippen LogP contribution in [0, 0.1) is 5.92 Å². The van der Waals surface area contributed by atoms with Gasteiger partial charge in [0.15, 0.2) is 9.84 Å². The summed E-state index contributed by atoms with van der Waals surface area (Å²) in [4.78, 5) is 26.4. The summed E-state index contributed by atoms with van der Waals surface area (Å²) in [6.07, 6.45) is 1.19. The fourth-order valence-corrected chi connectivity index (χ4v) is 3.71. The lowest BCUT2D eigenvalue weighted by atomic mass is 10.1. The van der Waals surface area contributed by atoms with E-state index in [9.17, 15) is 18.0 Å². The highest BCUT2D eigenvalue weighted by atomic mass is 32.2. The number of anilines is 2. The van der Waals surface area contributed by atoms with Crippen molar-refractivity contribution < 1.29 is 18.0 Å². The maximum Gasteiger partial charge on any atom is 0.229 e. The molecule has 3 rings (SSSR count). The molecule has 0 radical (unpaired) electrons. The molecule has 130 valence electrons. The smallest absolute Gasteiger partial charge is 0.229 e. The van der Waals surface area contributed by atoms with Crippen LogP contribution in [-0.4, -0.2) is 33.0 Å². The Morgan fingerprint density at radius 2 is 1.72 bits per heavy atom. The van der Waals surface area contributed by atoms with Crippen LogP contribution in [0.3, 0.4) is 0 Å². The molecule has 1 atom stereocenters. The molecule has 2 aromatic rings. The zero-order valence-electron chi connectivity index (χ0n) is 13.7. The van der Waals surface area contributed by atoms with Crippen LogP contribution >= 0.6 is 0 Å². The summed E-state index contributed by atoms with van der Waals surface area (Å²) in [5.41, 5.74) is 0.986. The third kappa shape index (κ3) is 3.71. The molecule has 2 amide bonds. The molecular formula is C18H18N2O4S. The lowest BCUT2D eigenvalue weighted by Crippen LogP contribution is -2.28. The molecule has 6 nitrogen and oxygen atoms in total. The third-order valence-electron chi connectivity index (χ3n) is 4.11. The molecule has 7 heteroatoms. The van der Waals surface area contributed by atoms with Gasteiger partial charge in [-0.2, -0.15) is 0 Å². The first-order valence-corrected chi connectivity index (χ1v) is 9.71. The average Bonchev–Trinajstić information content (AvgIpc) is 2.97. The van der Waals surface area contributed by atoms with Crippen LogP contribution in [0.2, 0.25) is 0 Å². The number of carbonyl (C=O) groups excluding carboxylic acids is 2. The van der Waals surface area contributed by atoms with E-state index < -0.39 is 15.8 Å². The highest BCUT2D eigenvalue weighted by molar-refractivity contribution is 7.90. The first kappa shape index (κ1) is 17.2. The van der Waals surface area contributed by atoms with Crippen molar-refractivity contribution in [3.8, 4) is 0 Å². The summed E-state index contributed by atoms with van der Waals surface area (Å²) in [6, 6.07) is 15.4. The molecule has 25 heavy (non-hydrogen) atoms. The van der Waals surface area contributed by atoms with Gasteiger partial charge in [0.05, 0.1) is 16.5 Å². The van der Waals surface area contributed by atoms with Crippen LogP contribution in [0.5, 0.6) is 0 Å². The van der Waals surface area contributed by atoms with Crippen molar-refractivity contribution in [2.45, 2.75) is 11.3 Å². The number of nitrogens with one attached hydrogen (secondary N) is 1. The van der Waals surface area contributed by atoms with E-state index in [0.717, 1.165) is 11.9 Å². The molecule has 1 unspecified atom stereocenters. The minimum absolute atomic E-state index is 0.0626. The minimum atomic E-state index is -3.46. The van der Waals surface area contributed by atoms with Crippen molar-refractivity contribution in [1.29, 1.82) is 0 Å². The van der Waals surface area contributed by atoms with Crippen LogP contribution in [0.15, 0.2) is 59.5 Å². The summed E-state index contributed by atoms with van der Waals surface area (Å²) in [7, 11) is -3.46. The van der Waals surface area contributed by atoms with Crippen molar-refractivity contribution in [2.75, 3.05) is 23.0 Å². The summed E-state index contributed by atoms with van der Waals surface area (Å²) in [5, 5.41) is 2.65. The number of sulfone groups is 1. The molecule has 0 bridgehead atoms. The molecule has 1 heterocycles. The summed E-state index contributed by atoms with van der Waals surface area (Å²) < 4.78 is 23.7. The van der Waals surface area contributed by atoms with Gasteiger partial charge in [0, 0.05) is 24.9 Å². The van der Waals surface area contributed by atoms with Gasteiger partial charge >= 0.3 is 0 Å². The second kappa shape index (κ2) is 6.68. The number of hydrogen-bond acceptors (Lipinski definition) is 4. The summed E-state index contributed by atoms with van der Waals surface area (Å²) in [5.74, 6) is -1.01. The Balaban J connectivity index is 1.77. The van der Waals surface area contributed by atoms with E-state index in [1.54, 1.807) is 23.1 Å². The van der Waals surface area contributed by atoms with Gasteiger partial charge in [0.25, 0.3) is 0 Å². The Morgan fingerprint density at radius 1 is 1.08 bits per heavy atom. The van der Waals surface area contributed by atoms with Gasteiger partial charge in [0.1, 0.15) is 0 Å². The Hall–Kier alpha value is -2.67. The zero-order chi connectivity index (χ0) is 18.0. The van der Waals surface area contributed by atoms with Gasteiger partial charge in [-0.1, -0.05) is 30.3 Å². The van der Waals surface area contributed by atoms with Crippen LogP contribution < -0.4 is 10.2 Å². The highest BCUT2D eigenvalue weighted by Gasteiger charge is 2.35. The molecule has 0 spiro atoms. The zero-order valence-corrected chi connectivity index (χ0v) is 14.5. The number of hydrogen-bond donors (Lipinski definition) is 1. The van der Waals surface area contributed by atoms with E-state index in [2.05, 4.69) is 5.32 Å². The monoisotopic (exact) mass is 358 g/mol. The van der Waals surface area contributed by atoms with Crippen LogP contribution in [0.1, 0.15) is 6.42 Å². The normalized spacial score (nSPS) is 17.6. The van der Waals surface area contributed by atoms with Crippen molar-refractivity contribution in [3.05, 3.63) is 54.6 Å². The standard InChI is InChI=1S/C18H18N2O4S/c1-25(23,24)16-10-6-5-9-15(16)19-18(22)13-11-17(21)20(12-13)14-7-3-2-4-8-14/h2-10,13H,11-12H2,1H3,(H,19,22). The van der Waals surface area contributed by atoms with Gasteiger partial charge in [-0.15, -0.1) is 0 Å². The molecule has 0 aromatic heterocycles. The van der Waals surface area contributed by atoms with E-state index >= 15 is 0 Å². The Kier molecular flexibility index (Phi) is 4.59. The predicted molar refractivity (Wildman–Crippen MR) is 95.1 cm³/mol. The third-order valence-corrected chi connectivity index (χ3v) is 5.26. The van der Waals surface area contributed by atoms with Gasteiger partial charge in [-0.05, 0) is 24.3 Å².